The Kier molecular flexibility index (Phi) is 5.18. The highest BCUT2D eigenvalue weighted by Crippen LogP contribution is 2.42. The summed E-state index contributed by atoms with van der Waals surface area (Å²) in [4.78, 5) is 4.92. The summed E-state index contributed by atoms with van der Waals surface area (Å²) >= 11 is 0. The van der Waals surface area contributed by atoms with Crippen LogP contribution in [0.25, 0.3) is 22.2 Å². The van der Waals surface area contributed by atoms with Crippen molar-refractivity contribution in [1.29, 1.82) is 0 Å². The van der Waals surface area contributed by atoms with Crippen LogP contribution in [-0.2, 0) is 5.60 Å². The number of ether oxygens (including phenoxy) is 1. The van der Waals surface area contributed by atoms with E-state index in [1.54, 1.807) is 7.11 Å². The Balaban J connectivity index is 1.89. The van der Waals surface area contributed by atoms with E-state index in [4.69, 9.17) is 9.72 Å². The summed E-state index contributed by atoms with van der Waals surface area (Å²) in [5.41, 5.74) is 3.57. The Bertz CT molecular complexity index is 1310. The van der Waals surface area contributed by atoms with Crippen molar-refractivity contribution >= 4 is 10.9 Å². The fourth-order valence-corrected chi connectivity index (χ4v) is 4.22. The lowest BCUT2D eigenvalue weighted by Gasteiger charge is -2.31. The smallest absolute Gasteiger partial charge is 0.141 e. The van der Waals surface area contributed by atoms with Crippen LogP contribution >= 0.6 is 0 Å². The summed E-state index contributed by atoms with van der Waals surface area (Å²) in [7, 11) is 1.65. The lowest BCUT2D eigenvalue weighted by Crippen LogP contribution is -2.29. The summed E-state index contributed by atoms with van der Waals surface area (Å²) in [6, 6.07) is 37.4. The van der Waals surface area contributed by atoms with Gasteiger partial charge < -0.3 is 9.84 Å². The Labute approximate surface area is 187 Å². The van der Waals surface area contributed by atoms with Gasteiger partial charge in [-0.25, -0.2) is 4.98 Å². The third-order valence-corrected chi connectivity index (χ3v) is 5.86. The van der Waals surface area contributed by atoms with Crippen LogP contribution in [0.1, 0.15) is 16.7 Å². The predicted octanol–water partition coefficient (Wildman–Crippen LogP) is 6.19. The van der Waals surface area contributed by atoms with Crippen LogP contribution in [0.4, 0.5) is 0 Å². The maximum atomic E-state index is 12.5. The maximum absolute atomic E-state index is 12.5. The van der Waals surface area contributed by atoms with Gasteiger partial charge in [0, 0.05) is 16.5 Å². The summed E-state index contributed by atoms with van der Waals surface area (Å²) in [5, 5.41) is 13.3. The van der Waals surface area contributed by atoms with Crippen LogP contribution in [0, 0.1) is 0 Å². The van der Waals surface area contributed by atoms with Crippen molar-refractivity contribution in [3.05, 3.63) is 132 Å². The second kappa shape index (κ2) is 8.29. The predicted molar refractivity (Wildman–Crippen MR) is 129 cm³/mol. The molecule has 0 aliphatic rings. The van der Waals surface area contributed by atoms with Gasteiger partial charge in [-0.2, -0.15) is 0 Å². The highest BCUT2D eigenvalue weighted by atomic mass is 16.5. The SMILES string of the molecule is COc1ccc2nc(-c3ccccc3)cc(C(O)(c3ccccc3)c3ccccc3)c2c1. The van der Waals surface area contributed by atoms with Crippen LogP contribution in [0.15, 0.2) is 115 Å². The monoisotopic (exact) mass is 417 g/mol. The molecule has 0 bridgehead atoms. The Morgan fingerprint density at radius 2 is 1.25 bits per heavy atom. The molecular formula is C29H23NO2. The second-order valence-corrected chi connectivity index (χ2v) is 7.75. The Morgan fingerprint density at radius 1 is 0.688 bits per heavy atom. The number of hydrogen-bond donors (Lipinski definition) is 1. The zero-order valence-corrected chi connectivity index (χ0v) is 17.8. The Morgan fingerprint density at radius 3 is 1.81 bits per heavy atom. The number of pyridine rings is 1. The summed E-state index contributed by atoms with van der Waals surface area (Å²) in [5.74, 6) is 0.719. The van der Waals surface area contributed by atoms with Gasteiger partial charge in [0.15, 0.2) is 0 Å². The lowest BCUT2D eigenvalue weighted by molar-refractivity contribution is 0.127. The third-order valence-electron chi connectivity index (χ3n) is 5.86. The summed E-state index contributed by atoms with van der Waals surface area (Å²) < 4.78 is 5.51. The van der Waals surface area contributed by atoms with Gasteiger partial charge in [0.2, 0.25) is 0 Å². The molecule has 5 rings (SSSR count). The van der Waals surface area contributed by atoms with Gasteiger partial charge in [0.25, 0.3) is 0 Å². The van der Waals surface area contributed by atoms with Crippen molar-refractivity contribution in [3.63, 3.8) is 0 Å². The van der Waals surface area contributed by atoms with E-state index in [2.05, 4.69) is 0 Å². The molecule has 1 N–H and O–H groups in total. The number of aliphatic hydroxyl groups is 1. The minimum atomic E-state index is -1.38. The highest BCUT2D eigenvalue weighted by molar-refractivity contribution is 5.88. The molecule has 0 radical (unpaired) electrons. The number of methoxy groups -OCH3 is 1. The number of aromatic nitrogens is 1. The molecule has 4 aromatic carbocycles. The number of hydrogen-bond acceptors (Lipinski definition) is 3. The molecule has 0 spiro atoms. The van der Waals surface area contributed by atoms with E-state index in [-0.39, 0.29) is 0 Å². The topological polar surface area (TPSA) is 42.4 Å². The van der Waals surface area contributed by atoms with Gasteiger partial charge in [-0.15, -0.1) is 0 Å². The first-order valence-electron chi connectivity index (χ1n) is 10.6. The van der Waals surface area contributed by atoms with Gasteiger partial charge in [0.1, 0.15) is 11.4 Å². The standard InChI is InChI=1S/C29H23NO2/c1-32-24-17-18-27-25(19-24)26(20-28(30-27)21-11-5-2-6-12-21)29(31,22-13-7-3-8-14-22)23-15-9-4-10-16-23/h2-20,31H,1H3. The van der Waals surface area contributed by atoms with Crippen molar-refractivity contribution in [1.82, 2.24) is 4.98 Å². The summed E-state index contributed by atoms with van der Waals surface area (Å²) in [6.45, 7) is 0. The molecule has 0 aliphatic carbocycles. The maximum Gasteiger partial charge on any atom is 0.141 e. The van der Waals surface area contributed by atoms with Crippen LogP contribution in [0.3, 0.4) is 0 Å². The van der Waals surface area contributed by atoms with Crippen molar-refractivity contribution in [2.75, 3.05) is 7.11 Å². The first kappa shape index (κ1) is 20.0. The van der Waals surface area contributed by atoms with Gasteiger partial charge in [-0.3, -0.25) is 0 Å². The van der Waals surface area contributed by atoms with Gasteiger partial charge in [-0.1, -0.05) is 91.0 Å². The van der Waals surface area contributed by atoms with Crippen molar-refractivity contribution < 1.29 is 9.84 Å². The normalized spacial score (nSPS) is 11.4. The molecule has 3 heteroatoms. The second-order valence-electron chi connectivity index (χ2n) is 7.75. The number of benzene rings is 4. The lowest BCUT2D eigenvalue weighted by atomic mass is 9.78. The van der Waals surface area contributed by atoms with E-state index >= 15 is 0 Å². The van der Waals surface area contributed by atoms with E-state index in [0.717, 1.165) is 44.6 Å². The van der Waals surface area contributed by atoms with E-state index in [1.807, 2.05) is 115 Å². The average molecular weight is 418 g/mol. The fraction of sp³-hybridized carbons (Fsp3) is 0.0690. The van der Waals surface area contributed by atoms with Gasteiger partial charge in [0.05, 0.1) is 18.3 Å². The fourth-order valence-electron chi connectivity index (χ4n) is 4.22. The minimum Gasteiger partial charge on any atom is -0.497 e. The van der Waals surface area contributed by atoms with Crippen LogP contribution in [0.2, 0.25) is 0 Å². The third kappa shape index (κ3) is 3.43. The van der Waals surface area contributed by atoms with Crippen LogP contribution in [-0.4, -0.2) is 17.2 Å². The van der Waals surface area contributed by atoms with Crippen molar-refractivity contribution in [2.24, 2.45) is 0 Å². The van der Waals surface area contributed by atoms with E-state index in [9.17, 15) is 5.11 Å². The van der Waals surface area contributed by atoms with Crippen molar-refractivity contribution in [2.45, 2.75) is 5.60 Å². The summed E-state index contributed by atoms with van der Waals surface area (Å²) in [6.07, 6.45) is 0. The minimum absolute atomic E-state index is 0.719. The molecule has 0 atom stereocenters. The molecule has 0 fully saturated rings. The van der Waals surface area contributed by atoms with E-state index in [1.165, 1.54) is 0 Å². The zero-order valence-electron chi connectivity index (χ0n) is 17.8. The molecular weight excluding hydrogens is 394 g/mol. The number of fused-ring (bicyclic) bond motifs is 1. The van der Waals surface area contributed by atoms with Crippen LogP contribution in [0.5, 0.6) is 5.75 Å². The Hall–Kier alpha value is -3.95. The van der Waals surface area contributed by atoms with Crippen LogP contribution < -0.4 is 4.74 Å². The molecule has 0 saturated carbocycles. The molecule has 0 amide bonds. The molecule has 5 aromatic rings. The number of nitrogens with zero attached hydrogens (tertiary/aromatic N) is 1. The quantitative estimate of drug-likeness (QED) is 0.370. The highest BCUT2D eigenvalue weighted by Gasteiger charge is 2.36. The van der Waals surface area contributed by atoms with E-state index in [0.29, 0.717) is 0 Å². The molecule has 1 aromatic heterocycles. The first-order valence-corrected chi connectivity index (χ1v) is 10.6. The van der Waals surface area contributed by atoms with Gasteiger partial charge >= 0.3 is 0 Å². The molecule has 1 heterocycles. The molecule has 0 saturated heterocycles. The molecule has 156 valence electrons. The largest absolute Gasteiger partial charge is 0.497 e. The zero-order chi connectivity index (χ0) is 22.0. The van der Waals surface area contributed by atoms with E-state index < -0.39 is 5.60 Å². The molecule has 32 heavy (non-hydrogen) atoms. The molecule has 0 aliphatic heterocycles. The molecule has 3 nitrogen and oxygen atoms in total. The number of rotatable bonds is 5. The van der Waals surface area contributed by atoms with Crippen molar-refractivity contribution in [3.8, 4) is 17.0 Å². The average Bonchev–Trinajstić information content (AvgIpc) is 2.88. The van der Waals surface area contributed by atoms with Gasteiger partial charge in [-0.05, 0) is 35.4 Å². The molecule has 0 unspecified atom stereocenters. The first-order chi connectivity index (χ1) is 15.7.